The number of nitro groups is 1. The Morgan fingerprint density at radius 3 is 2.67 bits per heavy atom. The number of aromatic nitrogens is 2. The van der Waals surface area contributed by atoms with Crippen molar-refractivity contribution in [3.63, 3.8) is 0 Å². The van der Waals surface area contributed by atoms with Gasteiger partial charge in [0.1, 0.15) is 10.8 Å². The lowest BCUT2D eigenvalue weighted by Gasteiger charge is -2.07. The van der Waals surface area contributed by atoms with Crippen LogP contribution in [0.5, 0.6) is 5.75 Å². The van der Waals surface area contributed by atoms with Gasteiger partial charge < -0.3 is 4.74 Å². The molecule has 128 valence electrons. The molecule has 0 fully saturated rings. The number of non-ortho nitro benzene ring substituents is 1. The number of benzene rings is 1. The molecule has 1 aromatic carbocycles. The maximum atomic E-state index is 12.4. The zero-order chi connectivity index (χ0) is 17.7. The van der Waals surface area contributed by atoms with Crippen LogP contribution < -0.4 is 10.1 Å². The fourth-order valence-electron chi connectivity index (χ4n) is 2.24. The van der Waals surface area contributed by atoms with Crippen molar-refractivity contribution in [1.82, 2.24) is 10.2 Å². The van der Waals surface area contributed by atoms with Crippen LogP contribution in [0.1, 0.15) is 48.0 Å². The largest absolute Gasteiger partial charge is 0.496 e. The van der Waals surface area contributed by atoms with Crippen molar-refractivity contribution in [1.29, 1.82) is 0 Å². The summed E-state index contributed by atoms with van der Waals surface area (Å²) in [5.41, 5.74) is -0.109. The molecule has 0 aliphatic carbocycles. The first kappa shape index (κ1) is 17.8. The molecule has 24 heavy (non-hydrogen) atoms. The Morgan fingerprint density at radius 2 is 2.08 bits per heavy atom. The fourth-order valence-corrected chi connectivity index (χ4v) is 3.24. The van der Waals surface area contributed by atoms with E-state index in [-0.39, 0.29) is 17.0 Å². The van der Waals surface area contributed by atoms with Crippen molar-refractivity contribution in [2.45, 2.75) is 32.6 Å². The summed E-state index contributed by atoms with van der Waals surface area (Å²) in [4.78, 5) is 22.7. The predicted molar refractivity (Wildman–Crippen MR) is 90.8 cm³/mol. The minimum absolute atomic E-state index is 0.0750. The van der Waals surface area contributed by atoms with Gasteiger partial charge in [0.05, 0.1) is 17.6 Å². The number of anilines is 1. The first-order chi connectivity index (χ1) is 11.5. The van der Waals surface area contributed by atoms with Crippen LogP contribution in [0.2, 0.25) is 0 Å². The molecule has 0 unspecified atom stereocenters. The van der Waals surface area contributed by atoms with Crippen molar-refractivity contribution in [2.24, 2.45) is 0 Å². The first-order valence-electron chi connectivity index (χ1n) is 7.47. The van der Waals surface area contributed by atoms with Crippen molar-refractivity contribution in [3.05, 3.63) is 38.9 Å². The molecule has 9 heteroatoms. The smallest absolute Gasteiger partial charge is 0.270 e. The minimum atomic E-state index is -0.563. The third-order valence-corrected chi connectivity index (χ3v) is 4.64. The maximum Gasteiger partial charge on any atom is 0.270 e. The highest BCUT2D eigenvalue weighted by molar-refractivity contribution is 7.15. The summed E-state index contributed by atoms with van der Waals surface area (Å²) in [7, 11) is 1.40. The van der Waals surface area contributed by atoms with Crippen LogP contribution in [0.3, 0.4) is 0 Å². The van der Waals surface area contributed by atoms with Crippen molar-refractivity contribution in [3.8, 4) is 5.75 Å². The third kappa shape index (κ3) is 3.85. The van der Waals surface area contributed by atoms with E-state index in [1.807, 2.05) is 0 Å². The standard InChI is InChI=1S/C15H18N4O4S/c1-4-9(5-2)14-17-18-15(24-14)16-13(20)11-8-10(19(21)22)6-7-12(11)23-3/h6-9H,4-5H2,1-3H3,(H,16,18,20). The molecule has 0 bridgehead atoms. The molecule has 2 aromatic rings. The van der Waals surface area contributed by atoms with Gasteiger partial charge in [0.2, 0.25) is 5.13 Å². The average molecular weight is 350 g/mol. The normalized spacial score (nSPS) is 10.7. The molecule has 2 rings (SSSR count). The number of hydrogen-bond donors (Lipinski definition) is 1. The quantitative estimate of drug-likeness (QED) is 0.604. The lowest BCUT2D eigenvalue weighted by Crippen LogP contribution is -2.13. The van der Waals surface area contributed by atoms with E-state index in [1.165, 1.54) is 36.6 Å². The Labute approximate surface area is 143 Å². The zero-order valence-electron chi connectivity index (χ0n) is 13.6. The number of ether oxygens (including phenoxy) is 1. The third-order valence-electron chi connectivity index (χ3n) is 3.63. The van der Waals surface area contributed by atoms with Crippen molar-refractivity contribution >= 4 is 28.1 Å². The van der Waals surface area contributed by atoms with Crippen LogP contribution in [0.25, 0.3) is 0 Å². The predicted octanol–water partition coefficient (Wildman–Crippen LogP) is 3.61. The van der Waals surface area contributed by atoms with E-state index in [1.54, 1.807) is 0 Å². The lowest BCUT2D eigenvalue weighted by atomic mass is 10.1. The number of nitrogens with zero attached hydrogens (tertiary/aromatic N) is 3. The van der Waals surface area contributed by atoms with Gasteiger partial charge in [0, 0.05) is 18.1 Å². The average Bonchev–Trinajstić information content (AvgIpc) is 3.03. The van der Waals surface area contributed by atoms with E-state index in [9.17, 15) is 14.9 Å². The summed E-state index contributed by atoms with van der Waals surface area (Å²) < 4.78 is 5.10. The van der Waals surface area contributed by atoms with Gasteiger partial charge in [-0.1, -0.05) is 25.2 Å². The highest BCUT2D eigenvalue weighted by Gasteiger charge is 2.20. The first-order valence-corrected chi connectivity index (χ1v) is 8.28. The molecule has 8 nitrogen and oxygen atoms in total. The monoisotopic (exact) mass is 350 g/mol. The van der Waals surface area contributed by atoms with Crippen LogP contribution in [-0.4, -0.2) is 28.1 Å². The second kappa shape index (κ2) is 7.82. The Kier molecular flexibility index (Phi) is 5.80. The van der Waals surface area contributed by atoms with E-state index in [0.717, 1.165) is 17.8 Å². The van der Waals surface area contributed by atoms with Gasteiger partial charge in [0.25, 0.3) is 11.6 Å². The van der Waals surface area contributed by atoms with Crippen LogP contribution in [-0.2, 0) is 0 Å². The number of nitrogens with one attached hydrogen (secondary N) is 1. The molecule has 0 saturated heterocycles. The number of carbonyl (C=O) groups excluding carboxylic acids is 1. The molecule has 1 amide bonds. The molecule has 1 heterocycles. The Balaban J connectivity index is 2.23. The zero-order valence-corrected chi connectivity index (χ0v) is 14.4. The maximum absolute atomic E-state index is 12.4. The second-order valence-corrected chi connectivity index (χ2v) is 6.06. The number of nitro benzene ring substituents is 1. The van der Waals surface area contributed by atoms with Gasteiger partial charge in [0.15, 0.2) is 0 Å². The minimum Gasteiger partial charge on any atom is -0.496 e. The molecule has 1 aromatic heterocycles. The van der Waals surface area contributed by atoms with E-state index < -0.39 is 10.8 Å². The van der Waals surface area contributed by atoms with E-state index in [0.29, 0.717) is 11.0 Å². The van der Waals surface area contributed by atoms with Crippen LogP contribution in [0.15, 0.2) is 18.2 Å². The van der Waals surface area contributed by atoms with Crippen molar-refractivity contribution < 1.29 is 14.5 Å². The number of carbonyl (C=O) groups is 1. The molecule has 1 N–H and O–H groups in total. The molecule has 0 aliphatic rings. The van der Waals surface area contributed by atoms with Crippen LogP contribution in [0, 0.1) is 10.1 Å². The summed E-state index contributed by atoms with van der Waals surface area (Å²) in [5.74, 6) is 0.0335. The molecule has 0 saturated carbocycles. The van der Waals surface area contributed by atoms with Gasteiger partial charge in [-0.2, -0.15) is 0 Å². The number of hydrogen-bond acceptors (Lipinski definition) is 7. The summed E-state index contributed by atoms with van der Waals surface area (Å²) >= 11 is 1.31. The van der Waals surface area contributed by atoms with Gasteiger partial charge in [-0.3, -0.25) is 20.2 Å². The van der Waals surface area contributed by atoms with E-state index in [4.69, 9.17) is 4.74 Å². The molecule has 0 atom stereocenters. The summed E-state index contributed by atoms with van der Waals surface area (Å²) in [6, 6.07) is 3.85. The Bertz CT molecular complexity index is 743. The number of methoxy groups -OCH3 is 1. The van der Waals surface area contributed by atoms with Crippen LogP contribution in [0.4, 0.5) is 10.8 Å². The summed E-state index contributed by atoms with van der Waals surface area (Å²) in [6.45, 7) is 4.14. The fraction of sp³-hybridized carbons (Fsp3) is 0.400. The van der Waals surface area contributed by atoms with Crippen molar-refractivity contribution in [2.75, 3.05) is 12.4 Å². The molecular weight excluding hydrogens is 332 g/mol. The van der Waals surface area contributed by atoms with Gasteiger partial charge in [-0.25, -0.2) is 0 Å². The van der Waals surface area contributed by atoms with Crippen LogP contribution >= 0.6 is 11.3 Å². The topological polar surface area (TPSA) is 107 Å². The highest BCUT2D eigenvalue weighted by Crippen LogP contribution is 2.29. The number of rotatable bonds is 7. The Hall–Kier alpha value is -2.55. The summed E-state index contributed by atoms with van der Waals surface area (Å²) in [5, 5.41) is 22.8. The lowest BCUT2D eigenvalue weighted by molar-refractivity contribution is -0.384. The highest BCUT2D eigenvalue weighted by atomic mass is 32.1. The van der Waals surface area contributed by atoms with E-state index >= 15 is 0 Å². The summed E-state index contributed by atoms with van der Waals surface area (Å²) in [6.07, 6.45) is 1.88. The SMILES string of the molecule is CCC(CC)c1nnc(NC(=O)c2cc([N+](=O)[O-])ccc2OC)s1. The molecule has 0 aliphatic heterocycles. The second-order valence-electron chi connectivity index (χ2n) is 5.05. The van der Waals surface area contributed by atoms with Gasteiger partial charge >= 0.3 is 0 Å². The molecule has 0 spiro atoms. The van der Waals surface area contributed by atoms with Gasteiger partial charge in [-0.05, 0) is 18.9 Å². The number of amides is 1. The molecular formula is C15H18N4O4S. The molecule has 0 radical (unpaired) electrons. The Morgan fingerprint density at radius 1 is 1.38 bits per heavy atom. The van der Waals surface area contributed by atoms with E-state index in [2.05, 4.69) is 29.4 Å². The van der Waals surface area contributed by atoms with Gasteiger partial charge in [-0.15, -0.1) is 10.2 Å².